The highest BCUT2D eigenvalue weighted by atomic mass is 16.1. The normalized spacial score (nSPS) is 17.5. The molecule has 0 spiro atoms. The Hall–Kier alpha value is -1.38. The summed E-state index contributed by atoms with van der Waals surface area (Å²) < 4.78 is 0. The predicted octanol–water partition coefficient (Wildman–Crippen LogP) is 3.05. The second kappa shape index (κ2) is 5.80. The van der Waals surface area contributed by atoms with Crippen molar-refractivity contribution in [1.82, 2.24) is 4.98 Å². The van der Waals surface area contributed by atoms with Gasteiger partial charge in [0.25, 0.3) is 0 Å². The van der Waals surface area contributed by atoms with E-state index >= 15 is 0 Å². The van der Waals surface area contributed by atoms with Crippen molar-refractivity contribution in [1.29, 1.82) is 0 Å². The van der Waals surface area contributed by atoms with E-state index in [0.29, 0.717) is 11.6 Å². The molecule has 2 rings (SSSR count). The molecule has 1 aliphatic carbocycles. The van der Waals surface area contributed by atoms with Crippen LogP contribution in [0.1, 0.15) is 48.9 Å². The van der Waals surface area contributed by atoms with E-state index in [1.54, 1.807) is 6.20 Å². The van der Waals surface area contributed by atoms with Crippen LogP contribution in [0.5, 0.6) is 0 Å². The second-order valence-corrected chi connectivity index (χ2v) is 4.82. The van der Waals surface area contributed by atoms with E-state index in [4.69, 9.17) is 0 Å². The third-order valence-corrected chi connectivity index (χ3v) is 3.64. The zero-order chi connectivity index (χ0) is 12.1. The SMILES string of the molecule is CN(c1ccc(C=O)cn1)C1CCCCCC1. The molecule has 3 nitrogen and oxygen atoms in total. The van der Waals surface area contributed by atoms with Gasteiger partial charge in [-0.25, -0.2) is 4.98 Å². The molecule has 0 aromatic carbocycles. The molecule has 3 heteroatoms. The Morgan fingerprint density at radius 2 is 1.94 bits per heavy atom. The fourth-order valence-corrected chi connectivity index (χ4v) is 2.51. The lowest BCUT2D eigenvalue weighted by molar-refractivity contribution is 0.112. The van der Waals surface area contributed by atoms with Crippen LogP contribution in [0, 0.1) is 0 Å². The standard InChI is InChI=1S/C14H20N2O/c1-16(13-6-4-2-3-5-7-13)14-9-8-12(11-17)10-15-14/h8-11,13H,2-7H2,1H3. The Morgan fingerprint density at radius 1 is 1.24 bits per heavy atom. The molecule has 1 heterocycles. The highest BCUT2D eigenvalue weighted by Crippen LogP contribution is 2.24. The molecule has 0 aliphatic heterocycles. The highest BCUT2D eigenvalue weighted by Gasteiger charge is 2.17. The monoisotopic (exact) mass is 232 g/mol. The summed E-state index contributed by atoms with van der Waals surface area (Å²) in [6, 6.07) is 4.38. The van der Waals surface area contributed by atoms with Gasteiger partial charge in [-0.15, -0.1) is 0 Å². The molecule has 0 N–H and O–H groups in total. The lowest BCUT2D eigenvalue weighted by Gasteiger charge is -2.28. The van der Waals surface area contributed by atoms with Crippen LogP contribution in [-0.4, -0.2) is 24.4 Å². The molecule has 17 heavy (non-hydrogen) atoms. The molecule has 0 radical (unpaired) electrons. The fourth-order valence-electron chi connectivity index (χ4n) is 2.51. The van der Waals surface area contributed by atoms with Crippen molar-refractivity contribution in [3.8, 4) is 0 Å². The van der Waals surface area contributed by atoms with Gasteiger partial charge < -0.3 is 4.90 Å². The minimum absolute atomic E-state index is 0.604. The molecule has 0 saturated heterocycles. The Kier molecular flexibility index (Phi) is 4.13. The molecule has 1 aromatic rings. The minimum atomic E-state index is 0.604. The molecule has 0 atom stereocenters. The van der Waals surface area contributed by atoms with Crippen LogP contribution in [0.4, 0.5) is 5.82 Å². The van der Waals surface area contributed by atoms with Gasteiger partial charge in [0, 0.05) is 24.8 Å². The number of hydrogen-bond donors (Lipinski definition) is 0. The highest BCUT2D eigenvalue weighted by molar-refractivity contribution is 5.74. The predicted molar refractivity (Wildman–Crippen MR) is 69.5 cm³/mol. The van der Waals surface area contributed by atoms with E-state index in [1.807, 2.05) is 12.1 Å². The quantitative estimate of drug-likeness (QED) is 0.593. The minimum Gasteiger partial charge on any atom is -0.357 e. The largest absolute Gasteiger partial charge is 0.357 e. The zero-order valence-electron chi connectivity index (χ0n) is 10.4. The lowest BCUT2D eigenvalue weighted by atomic mass is 10.1. The maximum atomic E-state index is 10.6. The average Bonchev–Trinajstić information content (AvgIpc) is 2.67. The Bertz CT molecular complexity index is 353. The molecule has 1 saturated carbocycles. The van der Waals surface area contributed by atoms with E-state index in [2.05, 4.69) is 16.9 Å². The molecular formula is C14H20N2O. The van der Waals surface area contributed by atoms with Gasteiger partial charge in [0.15, 0.2) is 6.29 Å². The number of aldehydes is 1. The summed E-state index contributed by atoms with van der Waals surface area (Å²) in [6.45, 7) is 0. The van der Waals surface area contributed by atoms with Crippen LogP contribution in [0.2, 0.25) is 0 Å². The third-order valence-electron chi connectivity index (χ3n) is 3.64. The first-order valence-electron chi connectivity index (χ1n) is 6.45. The van der Waals surface area contributed by atoms with E-state index < -0.39 is 0 Å². The van der Waals surface area contributed by atoms with Gasteiger partial charge in [-0.05, 0) is 25.0 Å². The van der Waals surface area contributed by atoms with Crippen molar-refractivity contribution >= 4 is 12.1 Å². The molecule has 0 unspecified atom stereocenters. The Labute approximate surface area is 103 Å². The maximum Gasteiger partial charge on any atom is 0.151 e. The first-order valence-corrected chi connectivity index (χ1v) is 6.45. The lowest BCUT2D eigenvalue weighted by Crippen LogP contribution is -2.31. The third kappa shape index (κ3) is 3.05. The van der Waals surface area contributed by atoms with E-state index in [1.165, 1.54) is 38.5 Å². The first-order chi connectivity index (χ1) is 8.31. The van der Waals surface area contributed by atoms with Crippen molar-refractivity contribution in [3.05, 3.63) is 23.9 Å². The van der Waals surface area contributed by atoms with Crippen LogP contribution in [0.3, 0.4) is 0 Å². The summed E-state index contributed by atoms with van der Waals surface area (Å²) in [5.41, 5.74) is 0.642. The summed E-state index contributed by atoms with van der Waals surface area (Å²) >= 11 is 0. The van der Waals surface area contributed by atoms with Gasteiger partial charge in [0.1, 0.15) is 5.82 Å². The van der Waals surface area contributed by atoms with Gasteiger partial charge in [0.05, 0.1) is 0 Å². The number of pyridine rings is 1. The maximum absolute atomic E-state index is 10.6. The van der Waals surface area contributed by atoms with E-state index in [0.717, 1.165) is 12.1 Å². The molecule has 0 amide bonds. The first kappa shape index (κ1) is 12.1. The molecule has 1 aromatic heterocycles. The van der Waals surface area contributed by atoms with Crippen LogP contribution in [-0.2, 0) is 0 Å². The number of carbonyl (C=O) groups excluding carboxylic acids is 1. The number of anilines is 1. The number of rotatable bonds is 3. The van der Waals surface area contributed by atoms with Gasteiger partial charge in [-0.1, -0.05) is 25.7 Å². The summed E-state index contributed by atoms with van der Waals surface area (Å²) in [4.78, 5) is 17.2. The van der Waals surface area contributed by atoms with E-state index in [9.17, 15) is 4.79 Å². The van der Waals surface area contributed by atoms with Gasteiger partial charge in [-0.3, -0.25) is 4.79 Å². The van der Waals surface area contributed by atoms with Crippen molar-refractivity contribution in [2.75, 3.05) is 11.9 Å². The number of nitrogens with zero attached hydrogens (tertiary/aromatic N) is 2. The summed E-state index contributed by atoms with van der Waals surface area (Å²) in [5, 5.41) is 0. The van der Waals surface area contributed by atoms with Crippen molar-refractivity contribution in [3.63, 3.8) is 0 Å². The smallest absolute Gasteiger partial charge is 0.151 e. The molecule has 1 aliphatic rings. The van der Waals surface area contributed by atoms with E-state index in [-0.39, 0.29) is 0 Å². The molecule has 92 valence electrons. The van der Waals surface area contributed by atoms with Crippen LogP contribution in [0.15, 0.2) is 18.3 Å². The van der Waals surface area contributed by atoms with Crippen molar-refractivity contribution in [2.24, 2.45) is 0 Å². The van der Waals surface area contributed by atoms with Crippen LogP contribution < -0.4 is 4.90 Å². The number of aromatic nitrogens is 1. The van der Waals surface area contributed by atoms with Crippen LogP contribution in [0.25, 0.3) is 0 Å². The zero-order valence-corrected chi connectivity index (χ0v) is 10.4. The Morgan fingerprint density at radius 3 is 2.47 bits per heavy atom. The summed E-state index contributed by atoms with van der Waals surface area (Å²) in [7, 11) is 2.11. The van der Waals surface area contributed by atoms with Crippen molar-refractivity contribution < 1.29 is 4.79 Å². The topological polar surface area (TPSA) is 33.2 Å². The molecule has 0 bridgehead atoms. The average molecular weight is 232 g/mol. The van der Waals surface area contributed by atoms with Gasteiger partial charge in [0.2, 0.25) is 0 Å². The summed E-state index contributed by atoms with van der Waals surface area (Å²) in [6.07, 6.45) is 10.4. The van der Waals surface area contributed by atoms with Crippen molar-refractivity contribution in [2.45, 2.75) is 44.6 Å². The molecule has 1 fully saturated rings. The molecular weight excluding hydrogens is 212 g/mol. The fraction of sp³-hybridized carbons (Fsp3) is 0.571. The number of hydrogen-bond acceptors (Lipinski definition) is 3. The van der Waals surface area contributed by atoms with Crippen LogP contribution >= 0.6 is 0 Å². The Balaban J connectivity index is 2.06. The van der Waals surface area contributed by atoms with Gasteiger partial charge in [-0.2, -0.15) is 0 Å². The van der Waals surface area contributed by atoms with Gasteiger partial charge >= 0.3 is 0 Å². The summed E-state index contributed by atoms with van der Waals surface area (Å²) in [5.74, 6) is 0.975. The number of carbonyl (C=O) groups is 1. The second-order valence-electron chi connectivity index (χ2n) is 4.82.